The molecule has 9 heteroatoms. The maximum absolute atomic E-state index is 12.7. The number of nitrogens with one attached hydrogen (secondary N) is 1. The van der Waals surface area contributed by atoms with Crippen molar-refractivity contribution >= 4 is 39.4 Å². The standard InChI is InChI=1S/C20H17ClN4O4/c1-28-17-8-16-15(7-13(17)21)22-18(23-16)9-14-11-5-3-4-6-12(11)20(27)25(24-14)10-19(26)29-2/h3-8H,9-10H2,1-2H3,(H,22,23). The molecule has 0 saturated carbocycles. The van der Waals surface area contributed by atoms with E-state index >= 15 is 0 Å². The first-order chi connectivity index (χ1) is 14.0. The van der Waals surface area contributed by atoms with Gasteiger partial charge in [-0.1, -0.05) is 29.8 Å². The second kappa shape index (κ2) is 7.56. The molecule has 0 saturated heterocycles. The fourth-order valence-corrected chi connectivity index (χ4v) is 3.43. The normalized spacial score (nSPS) is 11.1. The molecule has 8 nitrogen and oxygen atoms in total. The minimum absolute atomic E-state index is 0.264. The summed E-state index contributed by atoms with van der Waals surface area (Å²) in [6, 6.07) is 10.6. The molecular weight excluding hydrogens is 396 g/mol. The number of carbonyl (C=O) groups is 1. The molecule has 2 aromatic carbocycles. The van der Waals surface area contributed by atoms with Crippen LogP contribution in [0.25, 0.3) is 21.8 Å². The van der Waals surface area contributed by atoms with E-state index in [1.807, 2.05) is 12.1 Å². The Morgan fingerprint density at radius 1 is 1.21 bits per heavy atom. The van der Waals surface area contributed by atoms with Crippen molar-refractivity contribution in [2.75, 3.05) is 14.2 Å². The Hall–Kier alpha value is -3.39. The molecule has 1 N–H and O–H groups in total. The topological polar surface area (TPSA) is 99.1 Å². The maximum Gasteiger partial charge on any atom is 0.327 e. The number of nitrogens with zero attached hydrogens (tertiary/aromatic N) is 3. The Bertz CT molecular complexity index is 1300. The van der Waals surface area contributed by atoms with E-state index < -0.39 is 5.97 Å². The summed E-state index contributed by atoms with van der Waals surface area (Å²) in [5.74, 6) is 0.629. The van der Waals surface area contributed by atoms with Gasteiger partial charge in [0.2, 0.25) is 0 Å². The molecule has 0 aliphatic carbocycles. The Morgan fingerprint density at radius 3 is 2.69 bits per heavy atom. The van der Waals surface area contributed by atoms with Crippen LogP contribution in [0.2, 0.25) is 5.02 Å². The van der Waals surface area contributed by atoms with Crippen LogP contribution in [0.15, 0.2) is 41.2 Å². The number of aromatic amines is 1. The van der Waals surface area contributed by atoms with Gasteiger partial charge in [0.25, 0.3) is 5.56 Å². The molecule has 2 aromatic heterocycles. The average Bonchev–Trinajstić information content (AvgIpc) is 3.11. The fraction of sp³-hybridized carbons (Fsp3) is 0.200. The van der Waals surface area contributed by atoms with E-state index in [1.54, 1.807) is 31.4 Å². The van der Waals surface area contributed by atoms with Crippen molar-refractivity contribution in [1.29, 1.82) is 0 Å². The van der Waals surface area contributed by atoms with Crippen LogP contribution in [0.3, 0.4) is 0 Å². The van der Waals surface area contributed by atoms with Crippen LogP contribution in [0.4, 0.5) is 0 Å². The zero-order valence-corrected chi connectivity index (χ0v) is 16.5. The van der Waals surface area contributed by atoms with Gasteiger partial charge in [0, 0.05) is 11.5 Å². The van der Waals surface area contributed by atoms with Crippen LogP contribution < -0.4 is 10.3 Å². The summed E-state index contributed by atoms with van der Waals surface area (Å²) in [6.07, 6.45) is 0.330. The molecule has 0 atom stereocenters. The van der Waals surface area contributed by atoms with Crippen molar-refractivity contribution < 1.29 is 14.3 Å². The number of halogens is 1. The zero-order valence-electron chi connectivity index (χ0n) is 15.7. The van der Waals surface area contributed by atoms with Crippen molar-refractivity contribution in [2.45, 2.75) is 13.0 Å². The second-order valence-corrected chi connectivity index (χ2v) is 6.80. The van der Waals surface area contributed by atoms with E-state index in [2.05, 4.69) is 19.8 Å². The highest BCUT2D eigenvalue weighted by atomic mass is 35.5. The average molecular weight is 413 g/mol. The summed E-state index contributed by atoms with van der Waals surface area (Å²) in [5.41, 5.74) is 1.73. The number of rotatable bonds is 5. The highest BCUT2D eigenvalue weighted by Crippen LogP contribution is 2.29. The molecule has 0 aliphatic rings. The van der Waals surface area contributed by atoms with Gasteiger partial charge in [0.1, 0.15) is 18.1 Å². The SMILES string of the molecule is COC(=O)Cn1nc(Cc2nc3cc(OC)c(Cl)cc3[nH]2)c2ccccc2c1=O. The van der Waals surface area contributed by atoms with E-state index in [0.717, 1.165) is 10.2 Å². The summed E-state index contributed by atoms with van der Waals surface area (Å²) in [7, 11) is 2.81. The third-order valence-corrected chi connectivity index (χ3v) is 4.89. The predicted molar refractivity (Wildman–Crippen MR) is 108 cm³/mol. The van der Waals surface area contributed by atoms with Gasteiger partial charge in [-0.25, -0.2) is 9.67 Å². The number of aromatic nitrogens is 4. The summed E-state index contributed by atoms with van der Waals surface area (Å²) < 4.78 is 11.0. The smallest absolute Gasteiger partial charge is 0.327 e. The number of benzene rings is 2. The lowest BCUT2D eigenvalue weighted by molar-refractivity contribution is -0.141. The monoisotopic (exact) mass is 412 g/mol. The number of hydrogen-bond donors (Lipinski definition) is 1. The van der Waals surface area contributed by atoms with Crippen LogP contribution in [-0.2, 0) is 22.5 Å². The third-order valence-electron chi connectivity index (χ3n) is 4.59. The molecule has 4 rings (SSSR count). The van der Waals surface area contributed by atoms with Gasteiger partial charge >= 0.3 is 5.97 Å². The van der Waals surface area contributed by atoms with Crippen LogP contribution in [0, 0.1) is 0 Å². The first kappa shape index (κ1) is 18.9. The zero-order chi connectivity index (χ0) is 20.5. The second-order valence-electron chi connectivity index (χ2n) is 6.40. The molecule has 0 fully saturated rings. The first-order valence-corrected chi connectivity index (χ1v) is 9.15. The number of ether oxygens (including phenoxy) is 2. The highest BCUT2D eigenvalue weighted by Gasteiger charge is 2.15. The van der Waals surface area contributed by atoms with Crippen LogP contribution in [0.1, 0.15) is 11.5 Å². The molecule has 0 radical (unpaired) electrons. The Kier molecular flexibility index (Phi) is 4.94. The quantitative estimate of drug-likeness (QED) is 0.506. The summed E-state index contributed by atoms with van der Waals surface area (Å²) in [5, 5.41) is 6.05. The molecular formula is C20H17ClN4O4. The van der Waals surface area contributed by atoms with Crippen molar-refractivity contribution in [3.05, 3.63) is 63.3 Å². The van der Waals surface area contributed by atoms with Crippen LogP contribution in [0.5, 0.6) is 5.75 Å². The summed E-state index contributed by atoms with van der Waals surface area (Å²) in [4.78, 5) is 32.2. The van der Waals surface area contributed by atoms with E-state index in [9.17, 15) is 9.59 Å². The number of carbonyl (C=O) groups excluding carboxylic acids is 1. The number of fused-ring (bicyclic) bond motifs is 2. The van der Waals surface area contributed by atoms with Gasteiger partial charge < -0.3 is 14.5 Å². The number of esters is 1. The van der Waals surface area contributed by atoms with E-state index in [-0.39, 0.29) is 12.1 Å². The van der Waals surface area contributed by atoms with Crippen molar-refractivity contribution in [1.82, 2.24) is 19.7 Å². The minimum Gasteiger partial charge on any atom is -0.495 e. The third kappa shape index (κ3) is 3.54. The first-order valence-electron chi connectivity index (χ1n) is 8.78. The lowest BCUT2D eigenvalue weighted by Gasteiger charge is -2.09. The molecule has 0 bridgehead atoms. The lowest BCUT2D eigenvalue weighted by Crippen LogP contribution is -2.28. The van der Waals surface area contributed by atoms with E-state index in [1.165, 1.54) is 7.11 Å². The Labute approximate surface area is 170 Å². The molecule has 0 unspecified atom stereocenters. The van der Waals surface area contributed by atoms with Gasteiger partial charge in [0.05, 0.1) is 47.8 Å². The van der Waals surface area contributed by atoms with Crippen molar-refractivity contribution in [3.8, 4) is 5.75 Å². The molecule has 4 aromatic rings. The van der Waals surface area contributed by atoms with Crippen LogP contribution in [-0.4, -0.2) is 39.9 Å². The largest absolute Gasteiger partial charge is 0.495 e. The van der Waals surface area contributed by atoms with Crippen molar-refractivity contribution in [2.24, 2.45) is 0 Å². The lowest BCUT2D eigenvalue weighted by atomic mass is 10.1. The fourth-order valence-electron chi connectivity index (χ4n) is 3.19. The molecule has 29 heavy (non-hydrogen) atoms. The minimum atomic E-state index is -0.550. The molecule has 148 valence electrons. The van der Waals surface area contributed by atoms with Gasteiger partial charge in [-0.3, -0.25) is 9.59 Å². The van der Waals surface area contributed by atoms with Gasteiger partial charge in [-0.15, -0.1) is 0 Å². The van der Waals surface area contributed by atoms with E-state index in [4.69, 9.17) is 16.3 Å². The highest BCUT2D eigenvalue weighted by molar-refractivity contribution is 6.32. The van der Waals surface area contributed by atoms with Crippen molar-refractivity contribution in [3.63, 3.8) is 0 Å². The Morgan fingerprint density at radius 2 is 1.97 bits per heavy atom. The number of imidazole rings is 1. The van der Waals surface area contributed by atoms with E-state index in [0.29, 0.717) is 45.0 Å². The molecule has 0 amide bonds. The van der Waals surface area contributed by atoms with Gasteiger partial charge in [0.15, 0.2) is 0 Å². The van der Waals surface area contributed by atoms with Gasteiger partial charge in [-0.05, 0) is 12.1 Å². The van der Waals surface area contributed by atoms with Gasteiger partial charge in [-0.2, -0.15) is 5.10 Å². The maximum atomic E-state index is 12.7. The van der Waals surface area contributed by atoms with Crippen LogP contribution >= 0.6 is 11.6 Å². The summed E-state index contributed by atoms with van der Waals surface area (Å²) in [6.45, 7) is -0.264. The molecule has 0 aliphatic heterocycles. The molecule has 2 heterocycles. The number of methoxy groups -OCH3 is 2. The predicted octanol–water partition coefficient (Wildman–Crippen LogP) is 2.70. The number of H-pyrrole nitrogens is 1. The Balaban J connectivity index is 1.81. The molecule has 0 spiro atoms. The summed E-state index contributed by atoms with van der Waals surface area (Å²) >= 11 is 6.18. The number of hydrogen-bond acceptors (Lipinski definition) is 6.